The Hall–Kier alpha value is -4.46. The molecule has 0 saturated heterocycles. The first kappa shape index (κ1) is 21.4. The maximum absolute atomic E-state index is 12.3. The second-order valence-electron chi connectivity index (χ2n) is 8.13. The molecule has 170 valence electrons. The van der Waals surface area contributed by atoms with Crippen molar-refractivity contribution < 1.29 is 4.79 Å². The third kappa shape index (κ3) is 5.29. The van der Waals surface area contributed by atoms with Gasteiger partial charge < -0.3 is 15.2 Å². The zero-order chi connectivity index (χ0) is 23.2. The summed E-state index contributed by atoms with van der Waals surface area (Å²) < 4.78 is 3.90. The minimum atomic E-state index is -0.198. The Morgan fingerprint density at radius 2 is 1.53 bits per heavy atom. The lowest BCUT2D eigenvalue weighted by Gasteiger charge is -2.10. The van der Waals surface area contributed by atoms with Gasteiger partial charge in [-0.1, -0.05) is 60.7 Å². The van der Waals surface area contributed by atoms with Crippen molar-refractivity contribution in [2.45, 2.75) is 26.2 Å². The van der Waals surface area contributed by atoms with Gasteiger partial charge in [-0.2, -0.15) is 5.10 Å². The van der Waals surface area contributed by atoms with Crippen LogP contribution < -0.4 is 10.6 Å². The summed E-state index contributed by atoms with van der Waals surface area (Å²) in [4.78, 5) is 20.7. The molecule has 0 bridgehead atoms. The Bertz CT molecular complexity index is 1370. The second-order valence-corrected chi connectivity index (χ2v) is 8.13. The predicted molar refractivity (Wildman–Crippen MR) is 130 cm³/mol. The van der Waals surface area contributed by atoms with Crippen molar-refractivity contribution in [3.8, 4) is 0 Å². The molecule has 3 aromatic carbocycles. The first-order valence-electron chi connectivity index (χ1n) is 11.1. The van der Waals surface area contributed by atoms with Crippen LogP contribution in [-0.2, 0) is 26.2 Å². The van der Waals surface area contributed by atoms with Crippen molar-refractivity contribution in [3.63, 3.8) is 0 Å². The Balaban J connectivity index is 1.10. The van der Waals surface area contributed by atoms with Crippen LogP contribution in [0.4, 0.5) is 4.79 Å². The van der Waals surface area contributed by atoms with Crippen LogP contribution in [0.2, 0.25) is 0 Å². The number of nitrogens with one attached hydrogen (secondary N) is 2. The van der Waals surface area contributed by atoms with Gasteiger partial charge in [0, 0.05) is 19.6 Å². The highest BCUT2D eigenvalue weighted by atomic mass is 16.2. The molecular formula is C26H25N7O. The molecule has 0 aliphatic heterocycles. The summed E-state index contributed by atoms with van der Waals surface area (Å²) >= 11 is 0. The minimum Gasteiger partial charge on any atom is -0.334 e. The van der Waals surface area contributed by atoms with Gasteiger partial charge in [-0.15, -0.1) is 0 Å². The second kappa shape index (κ2) is 9.99. The lowest BCUT2D eigenvalue weighted by molar-refractivity contribution is 0.240. The molecule has 0 saturated carbocycles. The molecule has 0 spiro atoms. The lowest BCUT2D eigenvalue weighted by atomic mass is 10.1. The molecule has 2 aromatic heterocycles. The number of nitrogens with zero attached hydrogens (tertiary/aromatic N) is 5. The van der Waals surface area contributed by atoms with Crippen molar-refractivity contribution in [2.24, 2.45) is 0 Å². The fourth-order valence-electron chi connectivity index (χ4n) is 3.86. The SMILES string of the molecule is O=C(NCc1ccc(Cn2cnc3ccccc32)cc1)NCc1cccc(Cn2cncn2)c1. The van der Waals surface area contributed by atoms with Crippen molar-refractivity contribution in [2.75, 3.05) is 0 Å². The predicted octanol–water partition coefficient (Wildman–Crippen LogP) is 3.72. The van der Waals surface area contributed by atoms with Crippen LogP contribution in [0.25, 0.3) is 11.0 Å². The summed E-state index contributed by atoms with van der Waals surface area (Å²) in [6, 6.07) is 24.2. The van der Waals surface area contributed by atoms with Crippen LogP contribution in [0.3, 0.4) is 0 Å². The number of carbonyl (C=O) groups excluding carboxylic acids is 1. The van der Waals surface area contributed by atoms with Gasteiger partial charge in [0.15, 0.2) is 0 Å². The fraction of sp³-hybridized carbons (Fsp3) is 0.154. The normalized spacial score (nSPS) is 10.9. The van der Waals surface area contributed by atoms with E-state index in [1.54, 1.807) is 11.0 Å². The van der Waals surface area contributed by atoms with E-state index in [9.17, 15) is 4.79 Å². The highest BCUT2D eigenvalue weighted by Gasteiger charge is 2.05. The zero-order valence-electron chi connectivity index (χ0n) is 18.6. The largest absolute Gasteiger partial charge is 0.334 e. The molecule has 34 heavy (non-hydrogen) atoms. The number of benzene rings is 3. The van der Waals surface area contributed by atoms with Crippen molar-refractivity contribution in [1.29, 1.82) is 0 Å². The molecule has 0 aliphatic rings. The summed E-state index contributed by atoms with van der Waals surface area (Å²) in [5.41, 5.74) is 6.48. The average Bonchev–Trinajstić information content (AvgIpc) is 3.53. The minimum absolute atomic E-state index is 0.198. The molecule has 0 atom stereocenters. The first-order valence-corrected chi connectivity index (χ1v) is 11.1. The van der Waals surface area contributed by atoms with Crippen LogP contribution >= 0.6 is 0 Å². The van der Waals surface area contributed by atoms with E-state index < -0.39 is 0 Å². The highest BCUT2D eigenvalue weighted by Crippen LogP contribution is 2.14. The monoisotopic (exact) mass is 451 g/mol. The van der Waals surface area contributed by atoms with Gasteiger partial charge in [0.1, 0.15) is 12.7 Å². The Morgan fingerprint density at radius 3 is 2.35 bits per heavy atom. The molecule has 0 unspecified atom stereocenters. The quantitative estimate of drug-likeness (QED) is 0.376. The molecule has 0 fully saturated rings. The number of rotatable bonds is 8. The van der Waals surface area contributed by atoms with E-state index in [2.05, 4.69) is 54.5 Å². The third-order valence-electron chi connectivity index (χ3n) is 5.61. The van der Waals surface area contributed by atoms with Crippen LogP contribution in [-0.4, -0.2) is 30.3 Å². The molecule has 2 amide bonds. The molecule has 5 aromatic rings. The van der Waals surface area contributed by atoms with E-state index in [0.29, 0.717) is 19.6 Å². The number of aromatic nitrogens is 5. The number of carbonyl (C=O) groups is 1. The number of imidazole rings is 1. The first-order chi connectivity index (χ1) is 16.7. The van der Waals surface area contributed by atoms with Gasteiger partial charge in [0.2, 0.25) is 0 Å². The Kier molecular flexibility index (Phi) is 6.29. The maximum atomic E-state index is 12.3. The maximum Gasteiger partial charge on any atom is 0.315 e. The van der Waals surface area contributed by atoms with Gasteiger partial charge in [0.05, 0.1) is 23.9 Å². The van der Waals surface area contributed by atoms with E-state index in [4.69, 9.17) is 0 Å². The van der Waals surface area contributed by atoms with Crippen LogP contribution in [0.5, 0.6) is 0 Å². The van der Waals surface area contributed by atoms with E-state index in [-0.39, 0.29) is 6.03 Å². The lowest BCUT2D eigenvalue weighted by Crippen LogP contribution is -2.34. The number of hydrogen-bond donors (Lipinski definition) is 2. The van der Waals surface area contributed by atoms with Gasteiger partial charge in [-0.25, -0.2) is 19.4 Å². The van der Waals surface area contributed by atoms with E-state index in [1.807, 2.05) is 54.9 Å². The number of amides is 2. The van der Waals surface area contributed by atoms with Gasteiger partial charge in [-0.3, -0.25) is 0 Å². The summed E-state index contributed by atoms with van der Waals surface area (Å²) in [5.74, 6) is 0. The van der Waals surface area contributed by atoms with Crippen molar-refractivity contribution in [1.82, 2.24) is 34.9 Å². The summed E-state index contributed by atoms with van der Waals surface area (Å²) in [6.07, 6.45) is 5.07. The fourth-order valence-corrected chi connectivity index (χ4v) is 3.86. The highest BCUT2D eigenvalue weighted by molar-refractivity contribution is 5.75. The van der Waals surface area contributed by atoms with Crippen LogP contribution in [0.15, 0.2) is 91.8 Å². The third-order valence-corrected chi connectivity index (χ3v) is 5.61. The molecule has 8 nitrogen and oxygen atoms in total. The van der Waals surface area contributed by atoms with Crippen molar-refractivity contribution in [3.05, 3.63) is 114 Å². The van der Waals surface area contributed by atoms with Gasteiger partial charge >= 0.3 is 6.03 Å². The molecule has 2 heterocycles. The topological polar surface area (TPSA) is 89.7 Å². The van der Waals surface area contributed by atoms with E-state index in [1.165, 1.54) is 11.9 Å². The summed E-state index contributed by atoms with van der Waals surface area (Å²) in [7, 11) is 0. The Morgan fingerprint density at radius 1 is 0.765 bits per heavy atom. The van der Waals surface area contributed by atoms with Gasteiger partial charge in [-0.05, 0) is 34.4 Å². The van der Waals surface area contributed by atoms with Crippen LogP contribution in [0, 0.1) is 0 Å². The number of para-hydroxylation sites is 2. The standard InChI is InChI=1S/C26H25N7O/c34-26(29-14-22-4-3-5-23(12-22)16-33-18-27-17-31-33)28-13-20-8-10-21(11-9-20)15-32-19-30-24-6-1-2-7-25(24)32/h1-12,17-19H,13-16H2,(H2,28,29,34). The molecule has 5 rings (SSSR count). The molecular weight excluding hydrogens is 426 g/mol. The smallest absolute Gasteiger partial charge is 0.315 e. The van der Waals surface area contributed by atoms with E-state index in [0.717, 1.165) is 34.3 Å². The summed E-state index contributed by atoms with van der Waals surface area (Å²) in [6.45, 7) is 2.32. The zero-order valence-corrected chi connectivity index (χ0v) is 18.6. The summed E-state index contributed by atoms with van der Waals surface area (Å²) in [5, 5.41) is 9.97. The van der Waals surface area contributed by atoms with Gasteiger partial charge in [0.25, 0.3) is 0 Å². The Labute approximate surface area is 197 Å². The number of hydrogen-bond acceptors (Lipinski definition) is 4. The van der Waals surface area contributed by atoms with Crippen molar-refractivity contribution >= 4 is 17.1 Å². The number of urea groups is 1. The van der Waals surface area contributed by atoms with Crippen LogP contribution in [0.1, 0.15) is 22.3 Å². The van der Waals surface area contributed by atoms with E-state index >= 15 is 0 Å². The average molecular weight is 452 g/mol. The molecule has 8 heteroatoms. The molecule has 2 N–H and O–H groups in total. The molecule has 0 aliphatic carbocycles. The number of fused-ring (bicyclic) bond motifs is 1. The molecule has 0 radical (unpaired) electrons.